The second-order valence-electron chi connectivity index (χ2n) is 8.28. The molecule has 0 amide bonds. The van der Waals surface area contributed by atoms with Crippen molar-refractivity contribution in [2.24, 2.45) is 0 Å². The summed E-state index contributed by atoms with van der Waals surface area (Å²) >= 11 is 0. The van der Waals surface area contributed by atoms with Crippen LogP contribution in [0.2, 0.25) is 0 Å². The van der Waals surface area contributed by atoms with Gasteiger partial charge in [-0.1, -0.05) is 116 Å². The van der Waals surface area contributed by atoms with Crippen LogP contribution in [0.1, 0.15) is 129 Å². The standard InChI is InChI=1S/C24H48O4/c1-2-3-4-5-6-7-8-9-10-11-12-13-14-15-16-17-18-19-20-24(27)28-22-23(26)21-25/h23,25-26H,2-22H2,1H3. The SMILES string of the molecule is CCCCCCCCCCCCCCCCCCCCC(=O)OCC(O)CO. The number of hydrogen-bond acceptors (Lipinski definition) is 4. The van der Waals surface area contributed by atoms with Gasteiger partial charge in [0.05, 0.1) is 6.61 Å². The summed E-state index contributed by atoms with van der Waals surface area (Å²) in [6.07, 6.45) is 23.4. The molecule has 0 fully saturated rings. The molecule has 0 aliphatic carbocycles. The van der Waals surface area contributed by atoms with Crippen molar-refractivity contribution in [2.45, 2.75) is 135 Å². The molecule has 0 aromatic carbocycles. The summed E-state index contributed by atoms with van der Waals surface area (Å²) in [5, 5.41) is 17.8. The lowest BCUT2D eigenvalue weighted by Crippen LogP contribution is -2.21. The molecule has 0 rings (SSSR count). The van der Waals surface area contributed by atoms with E-state index >= 15 is 0 Å². The van der Waals surface area contributed by atoms with Crippen molar-refractivity contribution in [2.75, 3.05) is 13.2 Å². The highest BCUT2D eigenvalue weighted by Crippen LogP contribution is 2.14. The number of carbonyl (C=O) groups is 1. The number of carbonyl (C=O) groups excluding carboxylic acids is 1. The molecular formula is C24H48O4. The van der Waals surface area contributed by atoms with Crippen molar-refractivity contribution in [3.63, 3.8) is 0 Å². The Morgan fingerprint density at radius 2 is 1.04 bits per heavy atom. The van der Waals surface area contributed by atoms with Crippen LogP contribution in [0.5, 0.6) is 0 Å². The second-order valence-corrected chi connectivity index (χ2v) is 8.28. The van der Waals surface area contributed by atoms with Gasteiger partial charge < -0.3 is 14.9 Å². The maximum atomic E-state index is 11.4. The van der Waals surface area contributed by atoms with E-state index in [0.717, 1.165) is 12.8 Å². The zero-order valence-corrected chi connectivity index (χ0v) is 18.6. The summed E-state index contributed by atoms with van der Waals surface area (Å²) < 4.78 is 4.88. The first kappa shape index (κ1) is 27.4. The Bertz CT molecular complexity index is 320. The van der Waals surface area contributed by atoms with Gasteiger partial charge in [0.25, 0.3) is 0 Å². The van der Waals surface area contributed by atoms with E-state index in [4.69, 9.17) is 14.9 Å². The fraction of sp³-hybridized carbons (Fsp3) is 0.958. The minimum Gasteiger partial charge on any atom is -0.463 e. The lowest BCUT2D eigenvalue weighted by atomic mass is 10.0. The van der Waals surface area contributed by atoms with Gasteiger partial charge in [-0.2, -0.15) is 0 Å². The van der Waals surface area contributed by atoms with Crippen LogP contribution < -0.4 is 0 Å². The Kier molecular flexibility index (Phi) is 22.2. The fourth-order valence-corrected chi connectivity index (χ4v) is 3.49. The molecule has 0 aromatic heterocycles. The van der Waals surface area contributed by atoms with Crippen LogP contribution in [-0.2, 0) is 9.53 Å². The Hall–Kier alpha value is -0.610. The number of hydrogen-bond donors (Lipinski definition) is 2. The minimum absolute atomic E-state index is 0.103. The Morgan fingerprint density at radius 1 is 0.679 bits per heavy atom. The maximum absolute atomic E-state index is 11.4. The van der Waals surface area contributed by atoms with E-state index in [2.05, 4.69) is 6.92 Å². The van der Waals surface area contributed by atoms with Crippen LogP contribution in [0, 0.1) is 0 Å². The summed E-state index contributed by atoms with van der Waals surface area (Å²) in [5.41, 5.74) is 0. The van der Waals surface area contributed by atoms with Gasteiger partial charge in [0, 0.05) is 6.42 Å². The van der Waals surface area contributed by atoms with Crippen molar-refractivity contribution in [3.05, 3.63) is 0 Å². The molecular weight excluding hydrogens is 352 g/mol. The van der Waals surface area contributed by atoms with Crippen LogP contribution in [0.4, 0.5) is 0 Å². The van der Waals surface area contributed by atoms with E-state index in [0.29, 0.717) is 6.42 Å². The Labute approximate surface area is 174 Å². The molecule has 0 aromatic rings. The number of aliphatic hydroxyl groups is 2. The third kappa shape index (κ3) is 21.7. The zero-order valence-electron chi connectivity index (χ0n) is 18.6. The highest BCUT2D eigenvalue weighted by molar-refractivity contribution is 5.69. The van der Waals surface area contributed by atoms with Gasteiger partial charge in [-0.05, 0) is 6.42 Å². The molecule has 0 saturated heterocycles. The number of esters is 1. The monoisotopic (exact) mass is 400 g/mol. The summed E-state index contributed by atoms with van der Waals surface area (Å²) in [7, 11) is 0. The lowest BCUT2D eigenvalue weighted by molar-refractivity contribution is -0.147. The van der Waals surface area contributed by atoms with Crippen LogP contribution in [0.15, 0.2) is 0 Å². The van der Waals surface area contributed by atoms with E-state index in [1.165, 1.54) is 103 Å². The van der Waals surface area contributed by atoms with E-state index in [1.54, 1.807) is 0 Å². The van der Waals surface area contributed by atoms with Gasteiger partial charge in [0.1, 0.15) is 12.7 Å². The van der Waals surface area contributed by atoms with Crippen LogP contribution in [-0.4, -0.2) is 35.5 Å². The first-order valence-electron chi connectivity index (χ1n) is 12.1. The van der Waals surface area contributed by atoms with Crippen molar-refractivity contribution in [1.82, 2.24) is 0 Å². The highest BCUT2D eigenvalue weighted by Gasteiger charge is 2.07. The Morgan fingerprint density at radius 3 is 1.39 bits per heavy atom. The van der Waals surface area contributed by atoms with E-state index in [1.807, 2.05) is 0 Å². The smallest absolute Gasteiger partial charge is 0.305 e. The number of rotatable bonds is 22. The molecule has 2 N–H and O–H groups in total. The van der Waals surface area contributed by atoms with Gasteiger partial charge in [-0.15, -0.1) is 0 Å². The van der Waals surface area contributed by atoms with Crippen molar-refractivity contribution in [1.29, 1.82) is 0 Å². The maximum Gasteiger partial charge on any atom is 0.305 e. The predicted molar refractivity (Wildman–Crippen MR) is 117 cm³/mol. The largest absolute Gasteiger partial charge is 0.463 e. The van der Waals surface area contributed by atoms with Gasteiger partial charge in [-0.25, -0.2) is 0 Å². The molecule has 0 saturated carbocycles. The average Bonchev–Trinajstić information content (AvgIpc) is 2.71. The van der Waals surface area contributed by atoms with Crippen molar-refractivity contribution < 1.29 is 19.7 Å². The molecule has 0 heterocycles. The fourth-order valence-electron chi connectivity index (χ4n) is 3.49. The molecule has 0 bridgehead atoms. The van der Waals surface area contributed by atoms with Crippen molar-refractivity contribution >= 4 is 5.97 Å². The topological polar surface area (TPSA) is 66.8 Å². The van der Waals surface area contributed by atoms with Crippen LogP contribution in [0.3, 0.4) is 0 Å². The highest BCUT2D eigenvalue weighted by atomic mass is 16.5. The van der Waals surface area contributed by atoms with E-state index in [-0.39, 0.29) is 19.2 Å². The molecule has 28 heavy (non-hydrogen) atoms. The number of unbranched alkanes of at least 4 members (excludes halogenated alkanes) is 17. The summed E-state index contributed by atoms with van der Waals surface area (Å²) in [5.74, 6) is -0.274. The van der Waals surface area contributed by atoms with Crippen LogP contribution in [0.25, 0.3) is 0 Å². The molecule has 0 radical (unpaired) electrons. The third-order valence-corrected chi connectivity index (χ3v) is 5.38. The molecule has 4 nitrogen and oxygen atoms in total. The molecule has 168 valence electrons. The molecule has 0 aliphatic heterocycles. The quantitative estimate of drug-likeness (QED) is 0.165. The number of ether oxygens (including phenoxy) is 1. The Balaban J connectivity index is 3.11. The summed E-state index contributed by atoms with van der Waals surface area (Å²) in [6.45, 7) is 1.80. The molecule has 0 aliphatic rings. The first-order chi connectivity index (χ1) is 13.7. The minimum atomic E-state index is -0.954. The molecule has 1 atom stereocenters. The van der Waals surface area contributed by atoms with E-state index < -0.39 is 6.10 Å². The van der Waals surface area contributed by atoms with Gasteiger partial charge in [-0.3, -0.25) is 4.79 Å². The summed E-state index contributed by atoms with van der Waals surface area (Å²) in [6, 6.07) is 0. The first-order valence-corrected chi connectivity index (χ1v) is 12.1. The molecule has 0 spiro atoms. The summed E-state index contributed by atoms with van der Waals surface area (Å²) in [4.78, 5) is 11.4. The predicted octanol–water partition coefficient (Wildman–Crippen LogP) is 6.31. The van der Waals surface area contributed by atoms with Crippen LogP contribution >= 0.6 is 0 Å². The van der Waals surface area contributed by atoms with Gasteiger partial charge >= 0.3 is 5.97 Å². The van der Waals surface area contributed by atoms with Crippen molar-refractivity contribution in [3.8, 4) is 0 Å². The molecule has 1 unspecified atom stereocenters. The second kappa shape index (κ2) is 22.7. The van der Waals surface area contributed by atoms with Gasteiger partial charge in [0.15, 0.2) is 0 Å². The lowest BCUT2D eigenvalue weighted by Gasteiger charge is -2.08. The van der Waals surface area contributed by atoms with Gasteiger partial charge in [0.2, 0.25) is 0 Å². The zero-order chi connectivity index (χ0) is 20.7. The molecule has 4 heteroatoms. The normalized spacial score (nSPS) is 12.2. The average molecular weight is 401 g/mol. The third-order valence-electron chi connectivity index (χ3n) is 5.38. The number of aliphatic hydroxyl groups excluding tert-OH is 2. The van der Waals surface area contributed by atoms with E-state index in [9.17, 15) is 4.79 Å².